The van der Waals surface area contributed by atoms with E-state index >= 15 is 0 Å². The fourth-order valence-electron chi connectivity index (χ4n) is 3.32. The Bertz CT molecular complexity index is 991. The first-order chi connectivity index (χ1) is 13.2. The first kappa shape index (κ1) is 16.9. The summed E-state index contributed by atoms with van der Waals surface area (Å²) in [5, 5.41) is 12.9. The van der Waals surface area contributed by atoms with Gasteiger partial charge in [0.2, 0.25) is 11.7 Å². The summed E-state index contributed by atoms with van der Waals surface area (Å²) in [6.07, 6.45) is 3.38. The predicted molar refractivity (Wildman–Crippen MR) is 96.5 cm³/mol. The van der Waals surface area contributed by atoms with Gasteiger partial charge in [-0.3, -0.25) is 9.78 Å². The van der Waals surface area contributed by atoms with Crippen LogP contribution in [0.5, 0.6) is 0 Å². The minimum atomic E-state index is -0.0548. The zero-order valence-electron chi connectivity index (χ0n) is 14.7. The number of amides is 1. The number of nitrogens with zero attached hydrogens (tertiary/aromatic N) is 5. The van der Waals surface area contributed by atoms with E-state index in [0.29, 0.717) is 35.9 Å². The van der Waals surface area contributed by atoms with Crippen LogP contribution in [-0.2, 0) is 0 Å². The third-order valence-electron chi connectivity index (χ3n) is 4.84. The molecular weight excluding hydrogens is 342 g/mol. The van der Waals surface area contributed by atoms with Crippen molar-refractivity contribution < 1.29 is 9.32 Å². The molecule has 0 radical (unpaired) electrons. The van der Waals surface area contributed by atoms with Crippen LogP contribution in [0.3, 0.4) is 0 Å². The van der Waals surface area contributed by atoms with Crippen molar-refractivity contribution in [2.45, 2.75) is 12.8 Å². The number of benzene rings is 1. The Balaban J connectivity index is 1.51. The van der Waals surface area contributed by atoms with Crippen molar-refractivity contribution in [1.82, 2.24) is 20.0 Å². The molecule has 2 unspecified atom stereocenters. The molecule has 7 heteroatoms. The number of carbonyl (C=O) groups excluding carboxylic acids is 1. The van der Waals surface area contributed by atoms with Crippen molar-refractivity contribution in [2.24, 2.45) is 5.92 Å². The van der Waals surface area contributed by atoms with Crippen LogP contribution in [0.15, 0.2) is 53.3 Å². The summed E-state index contributed by atoms with van der Waals surface area (Å²) >= 11 is 0. The summed E-state index contributed by atoms with van der Waals surface area (Å²) in [6.45, 7) is 3.22. The van der Waals surface area contributed by atoms with Crippen LogP contribution in [0.1, 0.15) is 34.7 Å². The molecule has 0 bridgehead atoms. The molecule has 1 aromatic carbocycles. The highest BCUT2D eigenvalue weighted by atomic mass is 16.5. The minimum absolute atomic E-state index is 0.00902. The lowest BCUT2D eigenvalue weighted by Gasteiger charge is -2.15. The fourth-order valence-corrected chi connectivity index (χ4v) is 3.32. The van der Waals surface area contributed by atoms with Gasteiger partial charge in [0.25, 0.3) is 5.91 Å². The normalized spacial score (nSPS) is 19.0. The van der Waals surface area contributed by atoms with Gasteiger partial charge in [-0.1, -0.05) is 12.1 Å². The van der Waals surface area contributed by atoms with Crippen molar-refractivity contribution in [3.63, 3.8) is 0 Å². The summed E-state index contributed by atoms with van der Waals surface area (Å²) in [5.41, 5.74) is 1.90. The number of aromatic nitrogens is 3. The van der Waals surface area contributed by atoms with Crippen molar-refractivity contribution in [1.29, 1.82) is 5.26 Å². The Kier molecular flexibility index (Phi) is 4.38. The summed E-state index contributed by atoms with van der Waals surface area (Å²) in [6, 6.07) is 12.4. The Labute approximate surface area is 156 Å². The van der Waals surface area contributed by atoms with Gasteiger partial charge in [0.05, 0.1) is 17.6 Å². The topological polar surface area (TPSA) is 95.9 Å². The van der Waals surface area contributed by atoms with E-state index in [1.807, 2.05) is 12.1 Å². The molecule has 1 aliphatic rings. The summed E-state index contributed by atoms with van der Waals surface area (Å²) < 4.78 is 5.47. The van der Waals surface area contributed by atoms with Crippen LogP contribution in [0.25, 0.3) is 11.4 Å². The molecule has 0 saturated carbocycles. The summed E-state index contributed by atoms with van der Waals surface area (Å²) in [4.78, 5) is 23.1. The van der Waals surface area contributed by atoms with E-state index in [1.54, 1.807) is 41.6 Å². The number of rotatable bonds is 3. The highest BCUT2D eigenvalue weighted by molar-refractivity contribution is 5.94. The second-order valence-electron chi connectivity index (χ2n) is 6.68. The highest BCUT2D eigenvalue weighted by Gasteiger charge is 2.37. The van der Waals surface area contributed by atoms with Crippen LogP contribution < -0.4 is 0 Å². The van der Waals surface area contributed by atoms with E-state index in [0.717, 1.165) is 5.56 Å². The van der Waals surface area contributed by atoms with Gasteiger partial charge in [0, 0.05) is 36.6 Å². The fraction of sp³-hybridized carbons (Fsp3) is 0.250. The Morgan fingerprint density at radius 3 is 2.78 bits per heavy atom. The molecule has 27 heavy (non-hydrogen) atoms. The van der Waals surface area contributed by atoms with Gasteiger partial charge in [-0.05, 0) is 42.3 Å². The average Bonchev–Trinajstić information content (AvgIpc) is 3.35. The lowest BCUT2D eigenvalue weighted by Crippen LogP contribution is -2.28. The van der Waals surface area contributed by atoms with Crippen LogP contribution in [-0.4, -0.2) is 39.0 Å². The molecule has 2 aromatic heterocycles. The largest absolute Gasteiger partial charge is 0.339 e. The Hall–Kier alpha value is -3.53. The zero-order valence-corrected chi connectivity index (χ0v) is 14.7. The number of hydrogen-bond donors (Lipinski definition) is 0. The lowest BCUT2D eigenvalue weighted by atomic mass is 9.98. The zero-order chi connectivity index (χ0) is 18.8. The standard InChI is InChI=1S/C20H17N5O2/c1-13-11-25(20(26)15-6-4-14(9-21)5-7-15)12-17(13)19-23-18(24-27-19)16-3-2-8-22-10-16/h2-8,10,13,17H,11-12H2,1H3. The average molecular weight is 359 g/mol. The molecule has 134 valence electrons. The molecule has 1 fully saturated rings. The number of pyridine rings is 1. The number of hydrogen-bond acceptors (Lipinski definition) is 6. The first-order valence-electron chi connectivity index (χ1n) is 8.69. The van der Waals surface area contributed by atoms with E-state index in [-0.39, 0.29) is 17.7 Å². The first-order valence-corrected chi connectivity index (χ1v) is 8.69. The quantitative estimate of drug-likeness (QED) is 0.713. The third-order valence-corrected chi connectivity index (χ3v) is 4.84. The molecule has 1 aliphatic heterocycles. The molecule has 1 amide bonds. The SMILES string of the molecule is CC1CN(C(=O)c2ccc(C#N)cc2)CC1c1nc(-c2cccnc2)no1. The maximum absolute atomic E-state index is 12.8. The molecule has 3 aromatic rings. The predicted octanol–water partition coefficient (Wildman–Crippen LogP) is 2.88. The van der Waals surface area contributed by atoms with Crippen molar-refractivity contribution in [3.8, 4) is 17.5 Å². The maximum Gasteiger partial charge on any atom is 0.253 e. The van der Waals surface area contributed by atoms with E-state index in [4.69, 9.17) is 9.78 Å². The van der Waals surface area contributed by atoms with E-state index in [2.05, 4.69) is 28.1 Å². The number of carbonyl (C=O) groups is 1. The van der Waals surface area contributed by atoms with Gasteiger partial charge in [0.1, 0.15) is 0 Å². The molecule has 2 atom stereocenters. The second kappa shape index (κ2) is 7.00. The van der Waals surface area contributed by atoms with Gasteiger partial charge >= 0.3 is 0 Å². The van der Waals surface area contributed by atoms with E-state index < -0.39 is 0 Å². The molecule has 1 saturated heterocycles. The van der Waals surface area contributed by atoms with E-state index in [1.165, 1.54) is 0 Å². The van der Waals surface area contributed by atoms with Crippen molar-refractivity contribution in [2.75, 3.05) is 13.1 Å². The number of nitriles is 1. The second-order valence-corrected chi connectivity index (χ2v) is 6.68. The van der Waals surface area contributed by atoms with Crippen molar-refractivity contribution >= 4 is 5.91 Å². The molecule has 0 aliphatic carbocycles. The highest BCUT2D eigenvalue weighted by Crippen LogP contribution is 2.33. The van der Waals surface area contributed by atoms with Gasteiger partial charge in [0.15, 0.2) is 0 Å². The smallest absolute Gasteiger partial charge is 0.253 e. The van der Waals surface area contributed by atoms with Crippen LogP contribution in [0.2, 0.25) is 0 Å². The molecule has 4 rings (SSSR count). The van der Waals surface area contributed by atoms with Crippen LogP contribution in [0.4, 0.5) is 0 Å². The Morgan fingerprint density at radius 1 is 1.26 bits per heavy atom. The van der Waals surface area contributed by atoms with Crippen molar-refractivity contribution in [3.05, 3.63) is 65.8 Å². The Morgan fingerprint density at radius 2 is 2.07 bits per heavy atom. The molecule has 3 heterocycles. The van der Waals surface area contributed by atoms with Gasteiger partial charge in [-0.25, -0.2) is 0 Å². The van der Waals surface area contributed by atoms with Gasteiger partial charge < -0.3 is 9.42 Å². The monoisotopic (exact) mass is 359 g/mol. The minimum Gasteiger partial charge on any atom is -0.339 e. The molecule has 0 N–H and O–H groups in total. The molecular formula is C20H17N5O2. The number of likely N-dealkylation sites (tertiary alicyclic amines) is 1. The molecule has 7 nitrogen and oxygen atoms in total. The van der Waals surface area contributed by atoms with Crippen LogP contribution >= 0.6 is 0 Å². The molecule has 0 spiro atoms. The maximum atomic E-state index is 12.8. The lowest BCUT2D eigenvalue weighted by molar-refractivity contribution is 0.0786. The summed E-state index contributed by atoms with van der Waals surface area (Å²) in [5.74, 6) is 1.18. The van der Waals surface area contributed by atoms with Gasteiger partial charge in [-0.15, -0.1) is 0 Å². The van der Waals surface area contributed by atoms with Gasteiger partial charge in [-0.2, -0.15) is 10.2 Å². The summed E-state index contributed by atoms with van der Waals surface area (Å²) in [7, 11) is 0. The van der Waals surface area contributed by atoms with Crippen LogP contribution in [0, 0.1) is 17.2 Å². The third kappa shape index (κ3) is 3.29. The van der Waals surface area contributed by atoms with E-state index in [9.17, 15) is 4.79 Å².